The third kappa shape index (κ3) is 4.59. The first-order chi connectivity index (χ1) is 7.84. The van der Waals surface area contributed by atoms with Gasteiger partial charge in [0.25, 0.3) is 0 Å². The zero-order chi connectivity index (χ0) is 13.1. The molecular weight excluding hydrogens is 208 g/mol. The van der Waals surface area contributed by atoms with Gasteiger partial charge in [-0.15, -0.1) is 0 Å². The Morgan fingerprint density at radius 3 is 2.41 bits per heavy atom. The monoisotopic (exact) mass is 240 g/mol. The maximum Gasteiger partial charge on any atom is 0.0192 e. The Labute approximate surface area is 108 Å². The summed E-state index contributed by atoms with van der Waals surface area (Å²) in [6.45, 7) is 17.7. The van der Waals surface area contributed by atoms with Crippen molar-refractivity contribution < 1.29 is 0 Å². The molecule has 17 heavy (non-hydrogen) atoms. The smallest absolute Gasteiger partial charge is 0.0192 e. The second-order valence-corrected chi connectivity index (χ2v) is 6.91. The van der Waals surface area contributed by atoms with Gasteiger partial charge in [0.15, 0.2) is 0 Å². The highest BCUT2D eigenvalue weighted by Crippen LogP contribution is 2.34. The van der Waals surface area contributed by atoms with Crippen LogP contribution in [-0.2, 0) is 0 Å². The fourth-order valence-electron chi connectivity index (χ4n) is 2.54. The van der Waals surface area contributed by atoms with Gasteiger partial charge in [0.2, 0.25) is 0 Å². The molecule has 0 aromatic rings. The van der Waals surface area contributed by atoms with Crippen molar-refractivity contribution in [2.24, 2.45) is 11.3 Å². The summed E-state index contributed by atoms with van der Waals surface area (Å²) in [5.41, 5.74) is 0.471. The standard InChI is InChI=1S/C15H32N2/c1-7-12(2)16-10-13(3)17-9-8-14(11-17)15(4,5)6/h12-14,16H,7-11H2,1-6H3. The largest absolute Gasteiger partial charge is 0.313 e. The fourth-order valence-corrected chi connectivity index (χ4v) is 2.54. The first-order valence-corrected chi connectivity index (χ1v) is 7.32. The number of nitrogens with zero attached hydrogens (tertiary/aromatic N) is 1. The van der Waals surface area contributed by atoms with E-state index in [1.165, 1.54) is 25.9 Å². The highest BCUT2D eigenvalue weighted by molar-refractivity contribution is 4.86. The van der Waals surface area contributed by atoms with Gasteiger partial charge in [-0.1, -0.05) is 27.7 Å². The Morgan fingerprint density at radius 1 is 1.29 bits per heavy atom. The van der Waals surface area contributed by atoms with Crippen LogP contribution >= 0.6 is 0 Å². The van der Waals surface area contributed by atoms with E-state index in [2.05, 4.69) is 51.8 Å². The molecule has 1 heterocycles. The molecule has 2 heteroatoms. The first-order valence-electron chi connectivity index (χ1n) is 7.32. The van der Waals surface area contributed by atoms with E-state index in [4.69, 9.17) is 0 Å². The van der Waals surface area contributed by atoms with Crippen molar-refractivity contribution in [3.63, 3.8) is 0 Å². The Kier molecular flexibility index (Phi) is 5.46. The van der Waals surface area contributed by atoms with E-state index in [0.717, 1.165) is 12.5 Å². The Bertz CT molecular complexity index is 219. The van der Waals surface area contributed by atoms with Crippen molar-refractivity contribution in [3.8, 4) is 0 Å². The Balaban J connectivity index is 2.33. The normalized spacial score (nSPS) is 26.1. The van der Waals surface area contributed by atoms with E-state index in [1.807, 2.05) is 0 Å². The fraction of sp³-hybridized carbons (Fsp3) is 1.00. The molecule has 1 aliphatic heterocycles. The minimum atomic E-state index is 0.471. The first kappa shape index (κ1) is 15.0. The van der Waals surface area contributed by atoms with Gasteiger partial charge in [0, 0.05) is 25.2 Å². The van der Waals surface area contributed by atoms with Crippen LogP contribution in [0.2, 0.25) is 0 Å². The third-order valence-corrected chi connectivity index (χ3v) is 4.44. The minimum absolute atomic E-state index is 0.471. The molecule has 2 nitrogen and oxygen atoms in total. The van der Waals surface area contributed by atoms with Crippen LogP contribution in [0.15, 0.2) is 0 Å². The van der Waals surface area contributed by atoms with Crippen LogP contribution < -0.4 is 5.32 Å². The van der Waals surface area contributed by atoms with Crippen LogP contribution in [0.3, 0.4) is 0 Å². The van der Waals surface area contributed by atoms with Crippen molar-refractivity contribution in [1.29, 1.82) is 0 Å². The number of likely N-dealkylation sites (tertiary alicyclic amines) is 1. The number of hydrogen-bond donors (Lipinski definition) is 1. The van der Waals surface area contributed by atoms with Crippen molar-refractivity contribution in [2.75, 3.05) is 19.6 Å². The van der Waals surface area contributed by atoms with Crippen molar-refractivity contribution >= 4 is 0 Å². The molecule has 0 radical (unpaired) electrons. The molecule has 0 aromatic carbocycles. The molecule has 1 saturated heterocycles. The van der Waals surface area contributed by atoms with Gasteiger partial charge in [-0.25, -0.2) is 0 Å². The average molecular weight is 240 g/mol. The molecule has 1 N–H and O–H groups in total. The molecule has 0 saturated carbocycles. The lowest BCUT2D eigenvalue weighted by Gasteiger charge is -2.30. The van der Waals surface area contributed by atoms with E-state index < -0.39 is 0 Å². The summed E-state index contributed by atoms with van der Waals surface area (Å²) < 4.78 is 0. The summed E-state index contributed by atoms with van der Waals surface area (Å²) in [6.07, 6.45) is 2.59. The third-order valence-electron chi connectivity index (χ3n) is 4.44. The lowest BCUT2D eigenvalue weighted by atomic mass is 9.80. The number of hydrogen-bond acceptors (Lipinski definition) is 2. The molecule has 1 rings (SSSR count). The molecule has 0 aromatic heterocycles. The zero-order valence-electron chi connectivity index (χ0n) is 12.7. The average Bonchev–Trinajstić information content (AvgIpc) is 2.74. The minimum Gasteiger partial charge on any atom is -0.313 e. The maximum atomic E-state index is 3.62. The molecule has 1 fully saturated rings. The molecule has 0 bridgehead atoms. The predicted molar refractivity (Wildman–Crippen MR) is 76.4 cm³/mol. The Morgan fingerprint density at radius 2 is 1.94 bits per heavy atom. The molecule has 3 unspecified atom stereocenters. The van der Waals surface area contributed by atoms with Crippen LogP contribution in [0.1, 0.15) is 54.4 Å². The molecule has 0 aliphatic carbocycles. The van der Waals surface area contributed by atoms with Crippen molar-refractivity contribution in [3.05, 3.63) is 0 Å². The lowest BCUT2D eigenvalue weighted by molar-refractivity contribution is 0.197. The van der Waals surface area contributed by atoms with Gasteiger partial charge in [0.1, 0.15) is 0 Å². The van der Waals surface area contributed by atoms with Gasteiger partial charge in [-0.3, -0.25) is 4.90 Å². The highest BCUT2D eigenvalue weighted by Gasteiger charge is 2.33. The van der Waals surface area contributed by atoms with E-state index in [-0.39, 0.29) is 0 Å². The van der Waals surface area contributed by atoms with Gasteiger partial charge in [-0.2, -0.15) is 0 Å². The molecule has 0 amide bonds. The summed E-state index contributed by atoms with van der Waals surface area (Å²) in [7, 11) is 0. The quantitative estimate of drug-likeness (QED) is 0.794. The molecule has 0 spiro atoms. The van der Waals surface area contributed by atoms with E-state index in [0.29, 0.717) is 17.5 Å². The van der Waals surface area contributed by atoms with Crippen LogP contribution in [0.4, 0.5) is 0 Å². The molecule has 3 atom stereocenters. The lowest BCUT2D eigenvalue weighted by Crippen LogP contribution is -2.42. The van der Waals surface area contributed by atoms with Crippen LogP contribution in [0.5, 0.6) is 0 Å². The van der Waals surface area contributed by atoms with E-state index in [1.54, 1.807) is 0 Å². The summed E-state index contributed by atoms with van der Waals surface area (Å²) in [5, 5.41) is 3.62. The van der Waals surface area contributed by atoms with Crippen LogP contribution in [0.25, 0.3) is 0 Å². The van der Waals surface area contributed by atoms with Gasteiger partial charge < -0.3 is 5.32 Å². The van der Waals surface area contributed by atoms with Gasteiger partial charge in [-0.05, 0) is 44.6 Å². The zero-order valence-corrected chi connectivity index (χ0v) is 12.7. The van der Waals surface area contributed by atoms with E-state index >= 15 is 0 Å². The van der Waals surface area contributed by atoms with Crippen molar-refractivity contribution in [1.82, 2.24) is 10.2 Å². The molecule has 102 valence electrons. The Hall–Kier alpha value is -0.0800. The number of nitrogens with one attached hydrogen (secondary N) is 1. The summed E-state index contributed by atoms with van der Waals surface area (Å²) in [5.74, 6) is 0.869. The topological polar surface area (TPSA) is 15.3 Å². The predicted octanol–water partition coefficient (Wildman–Crippen LogP) is 3.13. The summed E-state index contributed by atoms with van der Waals surface area (Å²) in [4.78, 5) is 2.66. The summed E-state index contributed by atoms with van der Waals surface area (Å²) in [6, 6.07) is 1.33. The van der Waals surface area contributed by atoms with Crippen molar-refractivity contribution in [2.45, 2.75) is 66.5 Å². The van der Waals surface area contributed by atoms with Crippen LogP contribution in [-0.4, -0.2) is 36.6 Å². The maximum absolute atomic E-state index is 3.62. The van der Waals surface area contributed by atoms with E-state index in [9.17, 15) is 0 Å². The molecule has 1 aliphatic rings. The van der Waals surface area contributed by atoms with Crippen LogP contribution in [0, 0.1) is 11.3 Å². The second kappa shape index (κ2) is 6.19. The summed E-state index contributed by atoms with van der Waals surface area (Å²) >= 11 is 0. The SMILES string of the molecule is CCC(C)NCC(C)N1CCC(C(C)(C)C)C1. The van der Waals surface area contributed by atoms with Gasteiger partial charge in [0.05, 0.1) is 0 Å². The highest BCUT2D eigenvalue weighted by atomic mass is 15.2. The van der Waals surface area contributed by atoms with Gasteiger partial charge >= 0.3 is 0 Å². The second-order valence-electron chi connectivity index (χ2n) is 6.91. The number of rotatable bonds is 5. The molecular formula is C15H32N2.